The summed E-state index contributed by atoms with van der Waals surface area (Å²) < 4.78 is 8.94. The van der Waals surface area contributed by atoms with Crippen molar-refractivity contribution < 1.29 is 14.3 Å². The molecule has 2 aromatic carbocycles. The molecule has 6 nitrogen and oxygen atoms in total. The maximum absolute atomic E-state index is 13.5. The van der Waals surface area contributed by atoms with Crippen LogP contribution in [-0.2, 0) is 11.3 Å². The standard InChI is InChI=1S/C26H33N3O3S/c1-17-12-20(19-10-7-11-22(14-19)27-33-5)13-21-16-28(24(30)23(17)21)29(15-18-8-6-9-18)25(31)32-26(2,3)4/h7,10-14,18,27H,6,8-9,15-16H2,1-5H3. The van der Waals surface area contributed by atoms with Gasteiger partial charge in [-0.15, -0.1) is 0 Å². The highest BCUT2D eigenvalue weighted by atomic mass is 32.2. The summed E-state index contributed by atoms with van der Waals surface area (Å²) in [5, 5.41) is 3.12. The van der Waals surface area contributed by atoms with Gasteiger partial charge in [-0.1, -0.05) is 36.6 Å². The monoisotopic (exact) mass is 467 g/mol. The summed E-state index contributed by atoms with van der Waals surface area (Å²) >= 11 is 1.55. The molecular formula is C26H33N3O3S. The van der Waals surface area contributed by atoms with E-state index in [9.17, 15) is 9.59 Å². The van der Waals surface area contributed by atoms with Gasteiger partial charge in [0.2, 0.25) is 0 Å². The van der Waals surface area contributed by atoms with Gasteiger partial charge >= 0.3 is 6.09 Å². The normalized spacial score (nSPS) is 15.8. The molecule has 1 aliphatic heterocycles. The summed E-state index contributed by atoms with van der Waals surface area (Å²) in [5.74, 6) is 0.286. The molecule has 1 aliphatic carbocycles. The minimum Gasteiger partial charge on any atom is -0.442 e. The zero-order valence-electron chi connectivity index (χ0n) is 20.1. The summed E-state index contributed by atoms with van der Waals surface area (Å²) in [6.45, 7) is 8.41. The van der Waals surface area contributed by atoms with Gasteiger partial charge in [0.05, 0.1) is 6.54 Å². The molecule has 0 aromatic heterocycles. The maximum Gasteiger partial charge on any atom is 0.429 e. The van der Waals surface area contributed by atoms with Crippen LogP contribution in [0.4, 0.5) is 10.5 Å². The number of ether oxygens (including phenoxy) is 1. The van der Waals surface area contributed by atoms with Crippen LogP contribution in [0.1, 0.15) is 61.5 Å². The molecule has 1 N–H and O–H groups in total. The number of aryl methyl sites for hydroxylation is 1. The molecule has 4 rings (SSSR count). The van der Waals surface area contributed by atoms with Crippen LogP contribution in [0.3, 0.4) is 0 Å². The van der Waals surface area contributed by atoms with Crippen LogP contribution in [-0.4, -0.2) is 40.4 Å². The second kappa shape index (κ2) is 9.29. The van der Waals surface area contributed by atoms with Crippen molar-refractivity contribution in [2.45, 2.75) is 59.1 Å². The highest BCUT2D eigenvalue weighted by Crippen LogP contribution is 2.35. The smallest absolute Gasteiger partial charge is 0.429 e. The number of carbonyl (C=O) groups excluding carboxylic acids is 2. The van der Waals surface area contributed by atoms with Crippen molar-refractivity contribution in [3.63, 3.8) is 0 Å². The second-order valence-electron chi connectivity index (χ2n) is 9.94. The Morgan fingerprint density at radius 2 is 1.97 bits per heavy atom. The van der Waals surface area contributed by atoms with Crippen molar-refractivity contribution in [3.8, 4) is 11.1 Å². The summed E-state index contributed by atoms with van der Waals surface area (Å²) in [4.78, 5) is 26.6. The molecule has 1 fully saturated rings. The molecule has 176 valence electrons. The minimum atomic E-state index is -0.622. The fraction of sp³-hybridized carbons (Fsp3) is 0.462. The number of nitrogens with one attached hydrogen (secondary N) is 1. The lowest BCUT2D eigenvalue weighted by Crippen LogP contribution is -2.51. The lowest BCUT2D eigenvalue weighted by Gasteiger charge is -2.37. The first-order chi connectivity index (χ1) is 15.7. The van der Waals surface area contributed by atoms with Crippen LogP contribution >= 0.6 is 11.9 Å². The zero-order chi connectivity index (χ0) is 23.8. The predicted octanol–water partition coefficient (Wildman–Crippen LogP) is 6.26. The lowest BCUT2D eigenvalue weighted by atomic mass is 9.85. The fourth-order valence-corrected chi connectivity index (χ4v) is 4.76. The predicted molar refractivity (Wildman–Crippen MR) is 134 cm³/mol. The van der Waals surface area contributed by atoms with Crippen LogP contribution in [0.15, 0.2) is 36.4 Å². The van der Waals surface area contributed by atoms with Gasteiger partial charge in [0.15, 0.2) is 0 Å². The molecule has 33 heavy (non-hydrogen) atoms. The number of carbonyl (C=O) groups is 2. The topological polar surface area (TPSA) is 61.9 Å². The molecule has 1 heterocycles. The third-order valence-electron chi connectivity index (χ3n) is 6.15. The number of fused-ring (bicyclic) bond motifs is 1. The van der Waals surface area contributed by atoms with Gasteiger partial charge in [0.1, 0.15) is 5.60 Å². The largest absolute Gasteiger partial charge is 0.442 e. The van der Waals surface area contributed by atoms with E-state index in [0.717, 1.165) is 40.8 Å². The second-order valence-corrected chi connectivity index (χ2v) is 10.5. The molecule has 7 heteroatoms. The number of rotatable bonds is 6. The third kappa shape index (κ3) is 5.13. The van der Waals surface area contributed by atoms with Crippen LogP contribution in [0, 0.1) is 12.8 Å². The van der Waals surface area contributed by atoms with Crippen molar-refractivity contribution in [3.05, 3.63) is 53.1 Å². The van der Waals surface area contributed by atoms with E-state index in [0.29, 0.717) is 24.6 Å². The Morgan fingerprint density at radius 3 is 2.61 bits per heavy atom. The van der Waals surface area contributed by atoms with E-state index in [1.54, 1.807) is 22.0 Å². The summed E-state index contributed by atoms with van der Waals surface area (Å²) in [6, 6.07) is 12.4. The van der Waals surface area contributed by atoms with Crippen molar-refractivity contribution in [1.29, 1.82) is 0 Å². The van der Waals surface area contributed by atoms with Gasteiger partial charge in [0.25, 0.3) is 5.91 Å². The van der Waals surface area contributed by atoms with Crippen LogP contribution in [0.5, 0.6) is 0 Å². The highest BCUT2D eigenvalue weighted by Gasteiger charge is 2.39. The Bertz CT molecular complexity index is 1060. The zero-order valence-corrected chi connectivity index (χ0v) is 20.9. The summed E-state index contributed by atoms with van der Waals surface area (Å²) in [6.07, 6.45) is 4.88. The van der Waals surface area contributed by atoms with Gasteiger partial charge in [0, 0.05) is 24.1 Å². The number of anilines is 1. The molecule has 2 amide bonds. The first-order valence-electron chi connectivity index (χ1n) is 11.5. The Morgan fingerprint density at radius 1 is 1.21 bits per heavy atom. The molecule has 0 atom stereocenters. The number of hydrazine groups is 1. The third-order valence-corrected chi connectivity index (χ3v) is 6.59. The lowest BCUT2D eigenvalue weighted by molar-refractivity contribution is -0.0489. The first-order valence-corrected chi connectivity index (χ1v) is 12.7. The van der Waals surface area contributed by atoms with Crippen LogP contribution in [0.2, 0.25) is 0 Å². The average Bonchev–Trinajstić information content (AvgIpc) is 3.03. The van der Waals surface area contributed by atoms with E-state index in [1.807, 2.05) is 46.1 Å². The van der Waals surface area contributed by atoms with E-state index in [1.165, 1.54) is 6.42 Å². The quantitative estimate of drug-likeness (QED) is 0.508. The number of nitrogens with zero attached hydrogens (tertiary/aromatic N) is 2. The van der Waals surface area contributed by atoms with E-state index >= 15 is 0 Å². The van der Waals surface area contributed by atoms with E-state index < -0.39 is 11.7 Å². The maximum atomic E-state index is 13.5. The minimum absolute atomic E-state index is 0.128. The van der Waals surface area contributed by atoms with Crippen molar-refractivity contribution >= 4 is 29.6 Å². The number of amides is 2. The van der Waals surface area contributed by atoms with Gasteiger partial charge in [-0.3, -0.25) is 4.79 Å². The van der Waals surface area contributed by atoms with Gasteiger partial charge in [-0.05, 0) is 86.9 Å². The van der Waals surface area contributed by atoms with E-state index in [-0.39, 0.29) is 5.91 Å². The first kappa shape index (κ1) is 23.5. The van der Waals surface area contributed by atoms with Gasteiger partial charge in [-0.2, -0.15) is 0 Å². The fourth-order valence-electron chi connectivity index (χ4n) is 4.40. The number of hydrogen-bond donors (Lipinski definition) is 1. The molecule has 2 aromatic rings. The van der Waals surface area contributed by atoms with Crippen molar-refractivity contribution in [2.75, 3.05) is 17.5 Å². The SMILES string of the molecule is CSNc1cccc(-c2cc(C)c3c(c2)CN(N(CC2CCC2)C(=O)OC(C)(C)C)C3=O)c1. The molecule has 0 bridgehead atoms. The molecule has 2 aliphatic rings. The number of benzene rings is 2. The molecular weight excluding hydrogens is 434 g/mol. The molecule has 0 saturated heterocycles. The average molecular weight is 468 g/mol. The number of hydrogen-bond acceptors (Lipinski definition) is 5. The summed E-state index contributed by atoms with van der Waals surface area (Å²) in [5.41, 5.74) is 5.12. The Labute approximate surface area is 200 Å². The highest BCUT2D eigenvalue weighted by molar-refractivity contribution is 7.99. The van der Waals surface area contributed by atoms with Crippen LogP contribution in [0.25, 0.3) is 11.1 Å². The molecule has 1 saturated carbocycles. The van der Waals surface area contributed by atoms with Crippen LogP contribution < -0.4 is 4.72 Å². The molecule has 0 radical (unpaired) electrons. The Hall–Kier alpha value is -2.67. The molecule has 0 spiro atoms. The van der Waals surface area contributed by atoms with Crippen molar-refractivity contribution in [1.82, 2.24) is 10.0 Å². The van der Waals surface area contributed by atoms with Gasteiger partial charge < -0.3 is 9.46 Å². The van der Waals surface area contributed by atoms with Gasteiger partial charge in [-0.25, -0.2) is 14.8 Å². The Balaban J connectivity index is 1.64. The molecule has 0 unspecified atom stereocenters. The summed E-state index contributed by atoms with van der Waals surface area (Å²) in [7, 11) is 0. The van der Waals surface area contributed by atoms with Crippen molar-refractivity contribution in [2.24, 2.45) is 5.92 Å². The Kier molecular flexibility index (Phi) is 6.61. The van der Waals surface area contributed by atoms with E-state index in [2.05, 4.69) is 29.0 Å². The van der Waals surface area contributed by atoms with E-state index in [4.69, 9.17) is 4.74 Å².